The molecule has 0 aromatic rings. The number of hydrogen-bond acceptors (Lipinski definition) is 5. The zero-order valence-electron chi connectivity index (χ0n) is 44.4. The summed E-state index contributed by atoms with van der Waals surface area (Å²) in [7, 11) is 0. The van der Waals surface area contributed by atoms with Crippen molar-refractivity contribution in [3.63, 3.8) is 0 Å². The minimum atomic E-state index is -0.866. The lowest BCUT2D eigenvalue weighted by atomic mass is 10.0. The monoisotopic (exact) mass is 930 g/mol. The van der Waals surface area contributed by atoms with Crippen LogP contribution >= 0.6 is 0 Å². The van der Waals surface area contributed by atoms with E-state index in [0.29, 0.717) is 19.4 Å². The van der Waals surface area contributed by atoms with Crippen LogP contribution in [0.25, 0.3) is 0 Å². The number of unbranched alkanes of at least 4 members (excludes halogenated alkanes) is 42. The SMILES string of the molecule is CCCCCCCCCCCCCCCCCCCC/C=C/C(O)C(CO)NC(=O)CCCCCC/C=C\CCCCOC(=O)CCCCCCCCCCCCCCCCCCCCC. The molecule has 0 aliphatic carbocycles. The highest BCUT2D eigenvalue weighted by Gasteiger charge is 2.18. The van der Waals surface area contributed by atoms with Crippen LogP contribution < -0.4 is 5.32 Å². The van der Waals surface area contributed by atoms with Crippen molar-refractivity contribution < 1.29 is 24.5 Å². The van der Waals surface area contributed by atoms with Crippen molar-refractivity contribution in [2.75, 3.05) is 13.2 Å². The highest BCUT2D eigenvalue weighted by atomic mass is 16.5. The van der Waals surface area contributed by atoms with Gasteiger partial charge >= 0.3 is 5.97 Å². The van der Waals surface area contributed by atoms with E-state index in [1.54, 1.807) is 6.08 Å². The Morgan fingerprint density at radius 1 is 0.409 bits per heavy atom. The van der Waals surface area contributed by atoms with Crippen LogP contribution in [0.3, 0.4) is 0 Å². The molecule has 6 heteroatoms. The number of carbonyl (C=O) groups is 2. The normalized spacial score (nSPS) is 12.7. The molecule has 390 valence electrons. The van der Waals surface area contributed by atoms with Crippen LogP contribution in [0.4, 0.5) is 0 Å². The van der Waals surface area contributed by atoms with Gasteiger partial charge in [-0.15, -0.1) is 0 Å². The molecule has 0 saturated carbocycles. The number of ether oxygens (including phenoxy) is 1. The van der Waals surface area contributed by atoms with Crippen molar-refractivity contribution in [1.29, 1.82) is 0 Å². The first-order valence-electron chi connectivity index (χ1n) is 29.6. The smallest absolute Gasteiger partial charge is 0.305 e. The van der Waals surface area contributed by atoms with Crippen LogP contribution in [0, 0.1) is 0 Å². The van der Waals surface area contributed by atoms with E-state index in [-0.39, 0.29) is 18.5 Å². The van der Waals surface area contributed by atoms with Gasteiger partial charge in [-0.05, 0) is 57.8 Å². The van der Waals surface area contributed by atoms with E-state index in [0.717, 1.165) is 77.0 Å². The number of rotatable bonds is 55. The van der Waals surface area contributed by atoms with Crippen molar-refractivity contribution in [2.45, 2.75) is 334 Å². The van der Waals surface area contributed by atoms with Gasteiger partial charge in [-0.3, -0.25) is 9.59 Å². The van der Waals surface area contributed by atoms with Gasteiger partial charge in [0.2, 0.25) is 5.91 Å². The quantitative estimate of drug-likeness (QED) is 0.0321. The zero-order chi connectivity index (χ0) is 47.9. The van der Waals surface area contributed by atoms with Gasteiger partial charge < -0.3 is 20.3 Å². The van der Waals surface area contributed by atoms with Crippen molar-refractivity contribution >= 4 is 11.9 Å². The topological polar surface area (TPSA) is 95.9 Å². The molecule has 0 aliphatic heterocycles. The molecule has 0 fully saturated rings. The molecule has 6 nitrogen and oxygen atoms in total. The van der Waals surface area contributed by atoms with Gasteiger partial charge in [-0.1, -0.05) is 276 Å². The van der Waals surface area contributed by atoms with Gasteiger partial charge in [0.25, 0.3) is 0 Å². The molecule has 1 amide bonds. The Morgan fingerprint density at radius 3 is 1.08 bits per heavy atom. The highest BCUT2D eigenvalue weighted by molar-refractivity contribution is 5.76. The van der Waals surface area contributed by atoms with Gasteiger partial charge in [-0.2, -0.15) is 0 Å². The number of esters is 1. The summed E-state index contributed by atoms with van der Waals surface area (Å²) in [5.74, 6) is -0.134. The molecule has 0 saturated heterocycles. The molecule has 0 bridgehead atoms. The first-order chi connectivity index (χ1) is 32.5. The van der Waals surface area contributed by atoms with E-state index >= 15 is 0 Å². The molecule has 0 radical (unpaired) electrons. The number of carbonyl (C=O) groups excluding carboxylic acids is 2. The second-order valence-corrected chi connectivity index (χ2v) is 20.3. The number of aliphatic hydroxyl groups is 2. The molecule has 2 atom stereocenters. The van der Waals surface area contributed by atoms with Crippen LogP contribution in [0.5, 0.6) is 0 Å². The second-order valence-electron chi connectivity index (χ2n) is 20.3. The molecule has 66 heavy (non-hydrogen) atoms. The Bertz CT molecular complexity index is 1030. The van der Waals surface area contributed by atoms with E-state index in [4.69, 9.17) is 4.74 Å². The average molecular weight is 931 g/mol. The number of amides is 1. The van der Waals surface area contributed by atoms with Gasteiger partial charge in [0.15, 0.2) is 0 Å². The fourth-order valence-corrected chi connectivity index (χ4v) is 9.16. The predicted octanol–water partition coefficient (Wildman–Crippen LogP) is 18.2. The molecule has 0 spiro atoms. The van der Waals surface area contributed by atoms with Crippen molar-refractivity contribution in [3.8, 4) is 0 Å². The summed E-state index contributed by atoms with van der Waals surface area (Å²) < 4.78 is 5.46. The van der Waals surface area contributed by atoms with Gasteiger partial charge in [0, 0.05) is 12.8 Å². The van der Waals surface area contributed by atoms with E-state index in [9.17, 15) is 19.8 Å². The van der Waals surface area contributed by atoms with Crippen LogP contribution in [0.1, 0.15) is 322 Å². The predicted molar refractivity (Wildman–Crippen MR) is 287 cm³/mol. The fourth-order valence-electron chi connectivity index (χ4n) is 9.16. The Balaban J connectivity index is 3.52. The maximum Gasteiger partial charge on any atom is 0.305 e. The Morgan fingerprint density at radius 2 is 0.712 bits per heavy atom. The summed E-state index contributed by atoms with van der Waals surface area (Å²) in [5.41, 5.74) is 0. The van der Waals surface area contributed by atoms with Gasteiger partial charge in [0.1, 0.15) is 0 Å². The summed E-state index contributed by atoms with van der Waals surface area (Å²) in [4.78, 5) is 24.6. The summed E-state index contributed by atoms with van der Waals surface area (Å²) >= 11 is 0. The minimum Gasteiger partial charge on any atom is -0.466 e. The lowest BCUT2D eigenvalue weighted by Crippen LogP contribution is -2.45. The zero-order valence-corrected chi connectivity index (χ0v) is 44.4. The van der Waals surface area contributed by atoms with Crippen molar-refractivity contribution in [2.24, 2.45) is 0 Å². The minimum absolute atomic E-state index is 0.0331. The number of allylic oxidation sites excluding steroid dienone is 3. The van der Waals surface area contributed by atoms with Crippen molar-refractivity contribution in [1.82, 2.24) is 5.32 Å². The second kappa shape index (κ2) is 55.9. The molecule has 0 rings (SSSR count). The number of nitrogens with one attached hydrogen (secondary N) is 1. The summed E-state index contributed by atoms with van der Waals surface area (Å²) in [5, 5.41) is 23.1. The number of aliphatic hydroxyl groups excluding tert-OH is 2. The molecule has 0 heterocycles. The summed E-state index contributed by atoms with van der Waals surface area (Å²) in [6.45, 7) is 4.84. The van der Waals surface area contributed by atoms with Crippen molar-refractivity contribution in [3.05, 3.63) is 24.3 Å². The molecule has 3 N–H and O–H groups in total. The molecule has 0 aliphatic rings. The molecule has 0 aromatic carbocycles. The Kier molecular flexibility index (Phi) is 54.5. The van der Waals surface area contributed by atoms with Crippen LogP contribution in [-0.4, -0.2) is 47.4 Å². The summed E-state index contributed by atoms with van der Waals surface area (Å²) in [6.07, 6.45) is 67.8. The van der Waals surface area contributed by atoms with E-state index < -0.39 is 12.1 Å². The fraction of sp³-hybridized carbons (Fsp3) is 0.900. The lowest BCUT2D eigenvalue weighted by Gasteiger charge is -2.20. The van der Waals surface area contributed by atoms with Crippen LogP contribution in [-0.2, 0) is 14.3 Å². The largest absolute Gasteiger partial charge is 0.466 e. The maximum absolute atomic E-state index is 12.5. The Labute approximate surface area is 411 Å². The average Bonchev–Trinajstić information content (AvgIpc) is 3.32. The number of hydrogen-bond donors (Lipinski definition) is 3. The third kappa shape index (κ3) is 51.7. The molecule has 0 aromatic heterocycles. The standard InChI is InChI=1S/C60H115NO5/c1-3-5-7-9-11-13-15-17-19-21-23-25-26-28-30-32-36-40-44-48-52-58(63)57(56-62)61-59(64)53-49-45-41-37-34-35-39-43-47-51-55-66-60(65)54-50-46-42-38-33-31-29-27-24-22-20-18-16-14-12-10-8-6-4-2/h35,39,48,52,57-58,62-63H,3-34,36-38,40-47,49-51,53-56H2,1-2H3,(H,61,64)/b39-35-,52-48+. The van der Waals surface area contributed by atoms with E-state index in [1.807, 2.05) is 6.08 Å². The van der Waals surface area contributed by atoms with E-state index in [2.05, 4.69) is 31.3 Å². The first kappa shape index (κ1) is 64.3. The van der Waals surface area contributed by atoms with Gasteiger partial charge in [-0.25, -0.2) is 0 Å². The first-order valence-corrected chi connectivity index (χ1v) is 29.6. The van der Waals surface area contributed by atoms with Gasteiger partial charge in [0.05, 0.1) is 25.4 Å². The Hall–Kier alpha value is -1.66. The third-order valence-electron chi connectivity index (χ3n) is 13.7. The summed E-state index contributed by atoms with van der Waals surface area (Å²) in [6, 6.07) is -0.653. The lowest BCUT2D eigenvalue weighted by molar-refractivity contribution is -0.143. The van der Waals surface area contributed by atoms with Crippen LogP contribution in [0.15, 0.2) is 24.3 Å². The molecular weight excluding hydrogens is 815 g/mol. The highest BCUT2D eigenvalue weighted by Crippen LogP contribution is 2.17. The van der Waals surface area contributed by atoms with Crippen LogP contribution in [0.2, 0.25) is 0 Å². The maximum atomic E-state index is 12.5. The van der Waals surface area contributed by atoms with E-state index in [1.165, 1.54) is 218 Å². The third-order valence-corrected chi connectivity index (χ3v) is 13.7. The molecule has 2 unspecified atom stereocenters. The molecular formula is C60H115NO5.